The van der Waals surface area contributed by atoms with E-state index in [9.17, 15) is 9.59 Å². The van der Waals surface area contributed by atoms with Crippen LogP contribution in [0.5, 0.6) is 0 Å². The molecule has 0 bridgehead atoms. The smallest absolute Gasteiger partial charge is 0.259 e. The quantitative estimate of drug-likeness (QED) is 0.856. The second kappa shape index (κ2) is 6.97. The molecule has 1 aromatic heterocycles. The minimum atomic E-state index is -0.0550. The molecular weight excluding hydrogens is 362 g/mol. The van der Waals surface area contributed by atoms with Gasteiger partial charge in [0.1, 0.15) is 0 Å². The highest BCUT2D eigenvalue weighted by atomic mass is 35.5. The van der Waals surface area contributed by atoms with Gasteiger partial charge in [0, 0.05) is 23.7 Å². The molecule has 2 heterocycles. The van der Waals surface area contributed by atoms with Crippen molar-refractivity contribution in [3.63, 3.8) is 0 Å². The highest BCUT2D eigenvalue weighted by Crippen LogP contribution is 2.44. The van der Waals surface area contributed by atoms with E-state index < -0.39 is 0 Å². The lowest BCUT2D eigenvalue weighted by Gasteiger charge is -2.32. The zero-order valence-electron chi connectivity index (χ0n) is 15.5. The van der Waals surface area contributed by atoms with Crippen molar-refractivity contribution in [2.24, 2.45) is 0 Å². The summed E-state index contributed by atoms with van der Waals surface area (Å²) in [7, 11) is 0. The topological polar surface area (TPSA) is 62.3 Å². The van der Waals surface area contributed by atoms with Crippen LogP contribution >= 0.6 is 11.6 Å². The van der Waals surface area contributed by atoms with Crippen molar-refractivity contribution >= 4 is 29.1 Å². The van der Waals surface area contributed by atoms with Crippen molar-refractivity contribution < 1.29 is 9.59 Å². The van der Waals surface area contributed by atoms with Gasteiger partial charge < -0.3 is 5.32 Å². The van der Waals surface area contributed by atoms with E-state index in [1.54, 1.807) is 12.3 Å². The van der Waals surface area contributed by atoms with Crippen molar-refractivity contribution in [2.75, 3.05) is 4.90 Å². The summed E-state index contributed by atoms with van der Waals surface area (Å²) in [5.74, 6) is -0.0608. The van der Waals surface area contributed by atoms with E-state index in [0.29, 0.717) is 10.6 Å². The molecule has 0 saturated heterocycles. The first kappa shape index (κ1) is 18.0. The Balaban J connectivity index is 1.80. The van der Waals surface area contributed by atoms with Gasteiger partial charge in [-0.3, -0.25) is 19.5 Å². The fourth-order valence-electron chi connectivity index (χ4n) is 4.40. The van der Waals surface area contributed by atoms with Crippen LogP contribution in [0.3, 0.4) is 0 Å². The van der Waals surface area contributed by atoms with Crippen molar-refractivity contribution in [1.29, 1.82) is 0 Å². The SMILES string of the molecule is CC[C@H]1c2cc(Cl)ccc2C(=O)N1c1cncc2c1CCC[C@H]2NC(C)=O. The molecule has 5 nitrogen and oxygen atoms in total. The standard InChI is InChI=1S/C21H22ClN3O2/c1-3-19-16-9-13(22)7-8-15(16)21(27)25(19)20-11-23-10-17-14(20)5-4-6-18(17)24-12(2)26/h7-11,18-19H,3-6H2,1-2H3,(H,24,26)/t18-,19+/m1/s1. The molecule has 1 aliphatic carbocycles. The van der Waals surface area contributed by atoms with Gasteiger partial charge in [-0.2, -0.15) is 0 Å². The minimum Gasteiger partial charge on any atom is -0.349 e. The third kappa shape index (κ3) is 3.00. The Morgan fingerprint density at radius 1 is 1.33 bits per heavy atom. The van der Waals surface area contributed by atoms with Gasteiger partial charge in [0.25, 0.3) is 5.91 Å². The number of hydrogen-bond acceptors (Lipinski definition) is 3. The molecule has 1 aromatic carbocycles. The molecule has 2 amide bonds. The van der Waals surface area contributed by atoms with E-state index in [1.807, 2.05) is 23.2 Å². The van der Waals surface area contributed by atoms with Crippen molar-refractivity contribution in [2.45, 2.75) is 51.6 Å². The number of anilines is 1. The number of carbonyl (C=O) groups excluding carboxylic acids is 2. The normalized spacial score (nSPS) is 21.0. The van der Waals surface area contributed by atoms with Crippen LogP contribution in [0.2, 0.25) is 5.02 Å². The summed E-state index contributed by atoms with van der Waals surface area (Å²) in [6.07, 6.45) is 7.12. The second-order valence-electron chi connectivity index (χ2n) is 7.20. The zero-order valence-corrected chi connectivity index (χ0v) is 16.2. The van der Waals surface area contributed by atoms with Crippen LogP contribution in [0.1, 0.15) is 72.2 Å². The summed E-state index contributed by atoms with van der Waals surface area (Å²) in [5, 5.41) is 3.66. The highest BCUT2D eigenvalue weighted by molar-refractivity contribution is 6.31. The van der Waals surface area contributed by atoms with E-state index >= 15 is 0 Å². The summed E-state index contributed by atoms with van der Waals surface area (Å²) in [6, 6.07) is 5.37. The van der Waals surface area contributed by atoms with E-state index in [4.69, 9.17) is 11.6 Å². The fourth-order valence-corrected chi connectivity index (χ4v) is 4.58. The van der Waals surface area contributed by atoms with Gasteiger partial charge in [-0.1, -0.05) is 18.5 Å². The van der Waals surface area contributed by atoms with Gasteiger partial charge in [0.2, 0.25) is 5.91 Å². The minimum absolute atomic E-state index is 0.00892. The van der Waals surface area contributed by atoms with Crippen molar-refractivity contribution in [3.8, 4) is 0 Å². The third-order valence-corrected chi connectivity index (χ3v) is 5.76. The molecule has 2 atom stereocenters. The number of benzene rings is 1. The van der Waals surface area contributed by atoms with Gasteiger partial charge in [-0.15, -0.1) is 0 Å². The van der Waals surface area contributed by atoms with E-state index in [1.165, 1.54) is 6.92 Å². The van der Waals surface area contributed by atoms with Gasteiger partial charge >= 0.3 is 0 Å². The second-order valence-corrected chi connectivity index (χ2v) is 7.64. The van der Waals surface area contributed by atoms with Crippen LogP contribution in [-0.2, 0) is 11.2 Å². The molecule has 1 N–H and O–H groups in total. The predicted molar refractivity (Wildman–Crippen MR) is 105 cm³/mol. The zero-order chi connectivity index (χ0) is 19.1. The largest absolute Gasteiger partial charge is 0.349 e. The Labute approximate surface area is 163 Å². The average molecular weight is 384 g/mol. The number of fused-ring (bicyclic) bond motifs is 2. The van der Waals surface area contributed by atoms with E-state index in [0.717, 1.165) is 48.1 Å². The molecule has 0 radical (unpaired) electrons. The molecule has 0 fully saturated rings. The molecule has 0 saturated carbocycles. The van der Waals surface area contributed by atoms with Crippen LogP contribution in [0, 0.1) is 0 Å². The van der Waals surface area contributed by atoms with Gasteiger partial charge in [-0.25, -0.2) is 0 Å². The van der Waals surface area contributed by atoms with E-state index in [-0.39, 0.29) is 23.9 Å². The van der Waals surface area contributed by atoms with Crippen LogP contribution in [0.25, 0.3) is 0 Å². The third-order valence-electron chi connectivity index (χ3n) is 5.52. The average Bonchev–Trinajstić information content (AvgIpc) is 2.92. The molecule has 2 aliphatic rings. The number of pyridine rings is 1. The van der Waals surface area contributed by atoms with Crippen molar-refractivity contribution in [3.05, 3.63) is 57.9 Å². The Morgan fingerprint density at radius 2 is 2.15 bits per heavy atom. The Bertz CT molecular complexity index is 928. The summed E-state index contributed by atoms with van der Waals surface area (Å²) in [6.45, 7) is 3.60. The molecule has 6 heteroatoms. The number of nitrogens with zero attached hydrogens (tertiary/aromatic N) is 2. The molecule has 1 aliphatic heterocycles. The van der Waals surface area contributed by atoms with Crippen LogP contribution in [0.4, 0.5) is 5.69 Å². The molecule has 2 aromatic rings. The highest BCUT2D eigenvalue weighted by Gasteiger charge is 2.39. The summed E-state index contributed by atoms with van der Waals surface area (Å²) in [5.41, 5.74) is 4.66. The van der Waals surface area contributed by atoms with Crippen LogP contribution < -0.4 is 10.2 Å². The maximum atomic E-state index is 13.2. The monoisotopic (exact) mass is 383 g/mol. The Kier molecular flexibility index (Phi) is 4.64. The summed E-state index contributed by atoms with van der Waals surface area (Å²) >= 11 is 6.19. The van der Waals surface area contributed by atoms with Gasteiger partial charge in [0.05, 0.1) is 24.0 Å². The predicted octanol–water partition coefficient (Wildman–Crippen LogP) is 4.36. The molecule has 0 spiro atoms. The van der Waals surface area contributed by atoms with E-state index in [2.05, 4.69) is 17.2 Å². The Morgan fingerprint density at radius 3 is 2.89 bits per heavy atom. The maximum absolute atomic E-state index is 13.2. The van der Waals surface area contributed by atoms with Gasteiger partial charge in [0.15, 0.2) is 0 Å². The fraction of sp³-hybridized carbons (Fsp3) is 0.381. The number of halogens is 1. The first-order chi connectivity index (χ1) is 13.0. The molecule has 4 rings (SSSR count). The number of amides is 2. The number of hydrogen-bond donors (Lipinski definition) is 1. The summed E-state index contributed by atoms with van der Waals surface area (Å²) < 4.78 is 0. The number of rotatable bonds is 3. The summed E-state index contributed by atoms with van der Waals surface area (Å²) in [4.78, 5) is 31.1. The number of aromatic nitrogens is 1. The van der Waals surface area contributed by atoms with Crippen LogP contribution in [0.15, 0.2) is 30.6 Å². The molecular formula is C21H22ClN3O2. The number of nitrogens with one attached hydrogen (secondary N) is 1. The van der Waals surface area contributed by atoms with Crippen molar-refractivity contribution in [1.82, 2.24) is 10.3 Å². The molecule has 27 heavy (non-hydrogen) atoms. The maximum Gasteiger partial charge on any atom is 0.259 e. The lowest BCUT2D eigenvalue weighted by molar-refractivity contribution is -0.119. The molecule has 140 valence electrons. The van der Waals surface area contributed by atoms with Gasteiger partial charge in [-0.05, 0) is 60.6 Å². The lowest BCUT2D eigenvalue weighted by atomic mass is 9.87. The molecule has 0 unspecified atom stereocenters. The Hall–Kier alpha value is -2.40. The number of carbonyl (C=O) groups is 2. The first-order valence-corrected chi connectivity index (χ1v) is 9.76. The lowest BCUT2D eigenvalue weighted by Crippen LogP contribution is -2.32. The van der Waals surface area contributed by atoms with Crippen LogP contribution in [-0.4, -0.2) is 16.8 Å². The first-order valence-electron chi connectivity index (χ1n) is 9.38.